The summed E-state index contributed by atoms with van der Waals surface area (Å²) in [5, 5.41) is 17.7. The smallest absolute Gasteiger partial charge is 0.274 e. The van der Waals surface area contributed by atoms with Gasteiger partial charge in [0.1, 0.15) is 5.82 Å². The van der Waals surface area contributed by atoms with Gasteiger partial charge < -0.3 is 10.6 Å². The number of hydrogen-bond acceptors (Lipinski definition) is 7. The van der Waals surface area contributed by atoms with Crippen LogP contribution in [0.4, 0.5) is 23.1 Å². The molecule has 1 aliphatic carbocycles. The lowest BCUT2D eigenvalue weighted by atomic mass is 10.1. The minimum Gasteiger partial charge on any atom is -0.351 e. The van der Waals surface area contributed by atoms with Crippen LogP contribution in [0, 0.1) is 17.0 Å². The molecule has 136 valence electrons. The van der Waals surface area contributed by atoms with E-state index in [1.165, 1.54) is 6.07 Å². The van der Waals surface area contributed by atoms with E-state index in [1.54, 1.807) is 31.3 Å². The maximum absolute atomic E-state index is 11.2. The second-order valence-electron chi connectivity index (χ2n) is 6.43. The van der Waals surface area contributed by atoms with Crippen molar-refractivity contribution in [2.24, 2.45) is 0 Å². The average molecular weight is 362 g/mol. The molecule has 0 saturated heterocycles. The van der Waals surface area contributed by atoms with Crippen LogP contribution in [0.5, 0.6) is 0 Å². The highest BCUT2D eigenvalue weighted by atomic mass is 16.6. The first kappa shape index (κ1) is 16.9. The highest BCUT2D eigenvalue weighted by Gasteiger charge is 2.23. The summed E-state index contributed by atoms with van der Waals surface area (Å²) in [4.78, 5) is 24.2. The Hall–Kier alpha value is -3.55. The Bertz CT molecular complexity index is 989. The zero-order valence-corrected chi connectivity index (χ0v) is 14.7. The third-order valence-electron chi connectivity index (χ3n) is 4.33. The molecule has 2 heterocycles. The molecular formula is C19H18N6O2. The van der Waals surface area contributed by atoms with Gasteiger partial charge in [-0.2, -0.15) is 4.98 Å². The van der Waals surface area contributed by atoms with Crippen molar-refractivity contribution in [1.82, 2.24) is 15.0 Å². The first-order valence-corrected chi connectivity index (χ1v) is 8.68. The van der Waals surface area contributed by atoms with Gasteiger partial charge in [-0.1, -0.05) is 12.1 Å². The van der Waals surface area contributed by atoms with Gasteiger partial charge in [-0.3, -0.25) is 15.1 Å². The van der Waals surface area contributed by atoms with Crippen LogP contribution >= 0.6 is 0 Å². The Morgan fingerprint density at radius 2 is 1.96 bits per heavy atom. The minimum atomic E-state index is -0.389. The molecule has 2 N–H and O–H groups in total. The van der Waals surface area contributed by atoms with Crippen LogP contribution in [-0.4, -0.2) is 25.9 Å². The molecule has 1 fully saturated rings. The fourth-order valence-corrected chi connectivity index (χ4v) is 2.73. The number of nitro benzene ring substituents is 1. The molecule has 0 radical (unpaired) electrons. The van der Waals surface area contributed by atoms with Crippen LogP contribution in [-0.2, 0) is 0 Å². The highest BCUT2D eigenvalue weighted by molar-refractivity contribution is 5.69. The third-order valence-corrected chi connectivity index (χ3v) is 4.33. The molecule has 8 heteroatoms. The molecule has 1 saturated carbocycles. The SMILES string of the molecule is Cc1c(Nc2cc(-c3ccccn3)nc(NC3CC3)n2)cccc1[N+](=O)[O-]. The molecule has 1 aliphatic rings. The van der Waals surface area contributed by atoms with Gasteiger partial charge in [-0.25, -0.2) is 4.98 Å². The number of nitrogens with one attached hydrogen (secondary N) is 2. The van der Waals surface area contributed by atoms with Crippen molar-refractivity contribution in [3.8, 4) is 11.4 Å². The minimum absolute atomic E-state index is 0.0651. The molecule has 0 unspecified atom stereocenters. The average Bonchev–Trinajstić information content (AvgIpc) is 3.48. The molecule has 0 atom stereocenters. The number of anilines is 3. The Kier molecular flexibility index (Phi) is 4.37. The number of nitro groups is 1. The van der Waals surface area contributed by atoms with E-state index in [2.05, 4.69) is 25.6 Å². The number of hydrogen-bond donors (Lipinski definition) is 2. The van der Waals surface area contributed by atoms with Crippen LogP contribution in [0.15, 0.2) is 48.7 Å². The van der Waals surface area contributed by atoms with E-state index in [4.69, 9.17) is 0 Å². The molecule has 0 amide bonds. The third kappa shape index (κ3) is 3.84. The standard InChI is InChI=1S/C19H18N6O2/c1-12-14(6-4-7-17(12)25(26)27)22-18-11-16(15-5-2-3-10-20-15)23-19(24-18)21-13-8-9-13/h2-7,10-11,13H,8-9H2,1H3,(H2,21,22,23,24). The summed E-state index contributed by atoms with van der Waals surface area (Å²) in [6.45, 7) is 1.71. The zero-order valence-electron chi connectivity index (χ0n) is 14.7. The lowest BCUT2D eigenvalue weighted by molar-refractivity contribution is -0.385. The van der Waals surface area contributed by atoms with Gasteiger partial charge in [-0.15, -0.1) is 0 Å². The second-order valence-corrected chi connectivity index (χ2v) is 6.43. The fourth-order valence-electron chi connectivity index (χ4n) is 2.73. The Morgan fingerprint density at radius 3 is 2.67 bits per heavy atom. The number of benzene rings is 1. The fraction of sp³-hybridized carbons (Fsp3) is 0.211. The van der Waals surface area contributed by atoms with Crippen LogP contribution in [0.2, 0.25) is 0 Å². The normalized spacial score (nSPS) is 13.2. The molecule has 0 bridgehead atoms. The summed E-state index contributed by atoms with van der Waals surface area (Å²) in [5.74, 6) is 1.07. The number of pyridine rings is 1. The predicted octanol–water partition coefficient (Wildman–Crippen LogP) is 4.07. The first-order valence-electron chi connectivity index (χ1n) is 8.68. The van der Waals surface area contributed by atoms with E-state index in [9.17, 15) is 10.1 Å². The van der Waals surface area contributed by atoms with Crippen molar-refractivity contribution in [2.75, 3.05) is 10.6 Å². The largest absolute Gasteiger partial charge is 0.351 e. The lowest BCUT2D eigenvalue weighted by Crippen LogP contribution is -2.08. The maximum atomic E-state index is 11.2. The summed E-state index contributed by atoms with van der Waals surface area (Å²) in [7, 11) is 0. The predicted molar refractivity (Wildman–Crippen MR) is 103 cm³/mol. The summed E-state index contributed by atoms with van der Waals surface area (Å²) in [5.41, 5.74) is 2.66. The summed E-state index contributed by atoms with van der Waals surface area (Å²) < 4.78 is 0. The number of nitrogens with zero attached hydrogens (tertiary/aromatic N) is 4. The quantitative estimate of drug-likeness (QED) is 0.503. The topological polar surface area (TPSA) is 106 Å². The monoisotopic (exact) mass is 362 g/mol. The summed E-state index contributed by atoms with van der Waals surface area (Å²) in [6, 6.07) is 12.7. The van der Waals surface area contributed by atoms with Gasteiger partial charge in [0, 0.05) is 30.1 Å². The van der Waals surface area contributed by atoms with Crippen molar-refractivity contribution in [1.29, 1.82) is 0 Å². The van der Waals surface area contributed by atoms with Crippen molar-refractivity contribution in [2.45, 2.75) is 25.8 Å². The van der Waals surface area contributed by atoms with Gasteiger partial charge in [0.25, 0.3) is 5.69 Å². The van der Waals surface area contributed by atoms with E-state index < -0.39 is 0 Å². The summed E-state index contributed by atoms with van der Waals surface area (Å²) >= 11 is 0. The van der Waals surface area contributed by atoms with Gasteiger partial charge in [0.15, 0.2) is 0 Å². The van der Waals surface area contributed by atoms with Crippen molar-refractivity contribution in [3.63, 3.8) is 0 Å². The van der Waals surface area contributed by atoms with Gasteiger partial charge in [0.05, 0.1) is 21.9 Å². The van der Waals surface area contributed by atoms with Crippen LogP contribution in [0.1, 0.15) is 18.4 Å². The Labute approximate surface area is 155 Å². The molecule has 4 rings (SSSR count). The van der Waals surface area contributed by atoms with Crippen LogP contribution in [0.3, 0.4) is 0 Å². The van der Waals surface area contributed by atoms with Crippen LogP contribution < -0.4 is 10.6 Å². The van der Waals surface area contributed by atoms with E-state index >= 15 is 0 Å². The number of rotatable bonds is 6. The van der Waals surface area contributed by atoms with E-state index in [-0.39, 0.29) is 10.6 Å². The van der Waals surface area contributed by atoms with Gasteiger partial charge in [-0.05, 0) is 38.0 Å². The van der Waals surface area contributed by atoms with E-state index in [0.29, 0.717) is 34.8 Å². The maximum Gasteiger partial charge on any atom is 0.274 e. The first-order chi connectivity index (χ1) is 13.1. The molecular weight excluding hydrogens is 344 g/mol. The number of aromatic nitrogens is 3. The molecule has 27 heavy (non-hydrogen) atoms. The van der Waals surface area contributed by atoms with Crippen molar-refractivity contribution in [3.05, 3.63) is 64.3 Å². The Morgan fingerprint density at radius 1 is 1.11 bits per heavy atom. The summed E-state index contributed by atoms with van der Waals surface area (Å²) in [6.07, 6.45) is 3.91. The van der Waals surface area contributed by atoms with Gasteiger partial charge >= 0.3 is 0 Å². The molecule has 8 nitrogen and oxygen atoms in total. The zero-order chi connectivity index (χ0) is 18.8. The molecule has 0 aliphatic heterocycles. The molecule has 3 aromatic rings. The van der Waals surface area contributed by atoms with Gasteiger partial charge in [0.2, 0.25) is 5.95 Å². The molecule has 2 aromatic heterocycles. The van der Waals surface area contributed by atoms with E-state index in [1.807, 2.05) is 18.2 Å². The lowest BCUT2D eigenvalue weighted by Gasteiger charge is -2.12. The molecule has 1 aromatic carbocycles. The van der Waals surface area contributed by atoms with Crippen molar-refractivity contribution >= 4 is 23.1 Å². The highest BCUT2D eigenvalue weighted by Crippen LogP contribution is 2.30. The van der Waals surface area contributed by atoms with Crippen LogP contribution in [0.25, 0.3) is 11.4 Å². The molecule has 0 spiro atoms. The van der Waals surface area contributed by atoms with E-state index in [0.717, 1.165) is 18.5 Å². The van der Waals surface area contributed by atoms with Crippen molar-refractivity contribution < 1.29 is 4.92 Å². The Balaban J connectivity index is 1.71. The second kappa shape index (κ2) is 6.99.